The van der Waals surface area contributed by atoms with Crippen LogP contribution in [-0.2, 0) is 4.79 Å². The first-order valence-electron chi connectivity index (χ1n) is 10.6. The smallest absolute Gasteiger partial charge is 0.325 e. The first kappa shape index (κ1) is 21.6. The molecule has 1 saturated carbocycles. The highest BCUT2D eigenvalue weighted by Gasteiger charge is 2.56. The third kappa shape index (κ3) is 4.58. The summed E-state index contributed by atoms with van der Waals surface area (Å²) in [6, 6.07) is 7.30. The maximum absolute atomic E-state index is 13.2. The zero-order valence-corrected chi connectivity index (χ0v) is 18.2. The van der Waals surface area contributed by atoms with Crippen LogP contribution in [-0.4, -0.2) is 46.7 Å². The molecule has 1 aromatic carbocycles. The van der Waals surface area contributed by atoms with Gasteiger partial charge in [-0.3, -0.25) is 9.69 Å². The number of nitrogens with one attached hydrogen (secondary N) is 1. The number of imide groups is 1. The van der Waals surface area contributed by atoms with E-state index in [0.717, 1.165) is 22.6 Å². The van der Waals surface area contributed by atoms with E-state index in [2.05, 4.69) is 39.9 Å². The Morgan fingerprint density at radius 1 is 1.24 bits per heavy atom. The van der Waals surface area contributed by atoms with Gasteiger partial charge in [0.15, 0.2) is 0 Å². The predicted molar refractivity (Wildman–Crippen MR) is 112 cm³/mol. The van der Waals surface area contributed by atoms with Crippen LogP contribution in [0.15, 0.2) is 24.3 Å². The van der Waals surface area contributed by atoms with Gasteiger partial charge in [0, 0.05) is 0 Å². The van der Waals surface area contributed by atoms with E-state index in [4.69, 9.17) is 4.74 Å². The summed E-state index contributed by atoms with van der Waals surface area (Å²) in [4.78, 5) is 26.9. The molecule has 1 heterocycles. The number of benzene rings is 1. The molecule has 3 unspecified atom stereocenters. The average molecular weight is 403 g/mol. The van der Waals surface area contributed by atoms with Crippen LogP contribution in [0.25, 0.3) is 0 Å². The van der Waals surface area contributed by atoms with E-state index in [1.807, 2.05) is 24.3 Å². The number of nitrogens with zero attached hydrogens (tertiary/aromatic N) is 1. The van der Waals surface area contributed by atoms with Gasteiger partial charge >= 0.3 is 6.03 Å². The molecule has 160 valence electrons. The van der Waals surface area contributed by atoms with Crippen LogP contribution in [0.5, 0.6) is 5.75 Å². The second-order valence-electron chi connectivity index (χ2n) is 9.94. The maximum Gasteiger partial charge on any atom is 0.325 e. The summed E-state index contributed by atoms with van der Waals surface area (Å²) in [5.41, 5.74) is 0.203. The van der Waals surface area contributed by atoms with Gasteiger partial charge in [-0.1, -0.05) is 52.8 Å². The molecule has 3 atom stereocenters. The summed E-state index contributed by atoms with van der Waals surface area (Å²) >= 11 is 0. The van der Waals surface area contributed by atoms with E-state index < -0.39 is 17.7 Å². The van der Waals surface area contributed by atoms with E-state index in [1.165, 1.54) is 0 Å². The number of urea groups is 1. The molecule has 6 heteroatoms. The average Bonchev–Trinajstić information content (AvgIpc) is 2.81. The fraction of sp³-hybridized carbons (Fsp3) is 0.652. The van der Waals surface area contributed by atoms with Gasteiger partial charge in [0.25, 0.3) is 5.91 Å². The van der Waals surface area contributed by atoms with Crippen molar-refractivity contribution >= 4 is 11.9 Å². The molecule has 1 spiro atoms. The first-order chi connectivity index (χ1) is 13.5. The highest BCUT2D eigenvalue weighted by Crippen LogP contribution is 2.46. The molecule has 2 N–H and O–H groups in total. The van der Waals surface area contributed by atoms with Crippen molar-refractivity contribution in [3.63, 3.8) is 0 Å². The van der Waals surface area contributed by atoms with Crippen LogP contribution in [0.2, 0.25) is 0 Å². The van der Waals surface area contributed by atoms with Crippen LogP contribution in [0.3, 0.4) is 0 Å². The Hall–Kier alpha value is -2.08. The second kappa shape index (κ2) is 7.98. The minimum atomic E-state index is -0.950. The quantitative estimate of drug-likeness (QED) is 0.712. The number of hydrogen-bond donors (Lipinski definition) is 2. The molecule has 1 aliphatic heterocycles. The Bertz CT molecular complexity index is 776. The van der Waals surface area contributed by atoms with E-state index in [9.17, 15) is 14.7 Å². The Labute approximate surface area is 173 Å². The van der Waals surface area contributed by atoms with Crippen molar-refractivity contribution in [2.45, 2.75) is 71.4 Å². The van der Waals surface area contributed by atoms with Crippen LogP contribution in [0, 0.1) is 11.3 Å². The minimum absolute atomic E-state index is 0.0150. The third-order valence-corrected chi connectivity index (χ3v) is 5.99. The number of hydrogen-bond acceptors (Lipinski definition) is 4. The van der Waals surface area contributed by atoms with E-state index in [1.54, 1.807) is 0 Å². The summed E-state index contributed by atoms with van der Waals surface area (Å²) in [5.74, 6) is 1.15. The Balaban J connectivity index is 1.65. The summed E-state index contributed by atoms with van der Waals surface area (Å²) in [6.45, 7) is 10.5. The second-order valence-corrected chi connectivity index (χ2v) is 9.94. The molecule has 1 aromatic rings. The molecule has 0 bridgehead atoms. The lowest BCUT2D eigenvalue weighted by Crippen LogP contribution is -2.54. The number of para-hydroxylation sites is 1. The molecular formula is C23H34N2O4. The molecule has 3 amide bonds. The molecular weight excluding hydrogens is 368 g/mol. The third-order valence-electron chi connectivity index (χ3n) is 5.99. The first-order valence-corrected chi connectivity index (χ1v) is 10.6. The van der Waals surface area contributed by atoms with Gasteiger partial charge in [0.05, 0.1) is 6.54 Å². The molecule has 1 saturated heterocycles. The van der Waals surface area contributed by atoms with Crippen molar-refractivity contribution in [2.24, 2.45) is 11.3 Å². The Kier molecular flexibility index (Phi) is 5.95. The number of ether oxygens (including phenoxy) is 1. The van der Waals surface area contributed by atoms with Crippen molar-refractivity contribution in [3.8, 4) is 5.75 Å². The topological polar surface area (TPSA) is 78.9 Å². The normalized spacial score (nSPS) is 27.4. The number of rotatable bonds is 6. The van der Waals surface area contributed by atoms with Crippen LogP contribution in [0.1, 0.15) is 65.4 Å². The van der Waals surface area contributed by atoms with Gasteiger partial charge in [-0.15, -0.1) is 0 Å². The highest BCUT2D eigenvalue weighted by molar-refractivity contribution is 6.07. The predicted octanol–water partition coefficient (Wildman–Crippen LogP) is 3.69. The fourth-order valence-corrected chi connectivity index (χ4v) is 5.21. The molecule has 1 aliphatic carbocycles. The van der Waals surface area contributed by atoms with Crippen LogP contribution >= 0.6 is 0 Å². The zero-order chi connectivity index (χ0) is 21.4. The lowest BCUT2D eigenvalue weighted by molar-refractivity contribution is -0.135. The molecule has 6 nitrogen and oxygen atoms in total. The summed E-state index contributed by atoms with van der Waals surface area (Å²) < 4.78 is 5.81. The lowest BCUT2D eigenvalue weighted by atomic mass is 9.64. The number of amides is 3. The largest absolute Gasteiger partial charge is 0.491 e. The van der Waals surface area contributed by atoms with Gasteiger partial charge in [-0.2, -0.15) is 0 Å². The van der Waals surface area contributed by atoms with E-state index in [-0.39, 0.29) is 24.5 Å². The van der Waals surface area contributed by atoms with Gasteiger partial charge in [-0.25, -0.2) is 4.79 Å². The van der Waals surface area contributed by atoms with Gasteiger partial charge in [0.1, 0.15) is 24.0 Å². The van der Waals surface area contributed by atoms with Gasteiger partial charge in [-0.05, 0) is 48.1 Å². The van der Waals surface area contributed by atoms with E-state index >= 15 is 0 Å². The SMILES string of the molecule is CC1CC(C)(C)CC2(C1)NC(=O)N(CC(O)COc1ccccc1C(C)C)C2=O. The monoisotopic (exact) mass is 402 g/mol. The molecule has 29 heavy (non-hydrogen) atoms. The Morgan fingerprint density at radius 3 is 2.59 bits per heavy atom. The number of carbonyl (C=O) groups excluding carboxylic acids is 2. The van der Waals surface area contributed by atoms with Crippen LogP contribution < -0.4 is 10.1 Å². The van der Waals surface area contributed by atoms with Crippen molar-refractivity contribution in [3.05, 3.63) is 29.8 Å². The van der Waals surface area contributed by atoms with Crippen molar-refractivity contribution in [1.29, 1.82) is 0 Å². The number of aliphatic hydroxyl groups is 1. The number of carbonyl (C=O) groups is 2. The summed E-state index contributed by atoms with van der Waals surface area (Å²) in [5, 5.41) is 13.4. The summed E-state index contributed by atoms with van der Waals surface area (Å²) in [6.07, 6.45) is 1.35. The van der Waals surface area contributed by atoms with Crippen molar-refractivity contribution < 1.29 is 19.4 Å². The molecule has 0 radical (unpaired) electrons. The van der Waals surface area contributed by atoms with E-state index in [0.29, 0.717) is 24.7 Å². The fourth-order valence-electron chi connectivity index (χ4n) is 5.21. The standard InChI is InChI=1S/C23H34N2O4/c1-15(2)18-8-6-7-9-19(18)29-13-17(26)12-25-20(27)23(24-21(25)28)11-16(3)10-22(4,5)14-23/h6-9,15-17,26H,10-14H2,1-5H3,(H,24,28). The molecule has 2 aliphatic rings. The number of aliphatic hydroxyl groups excluding tert-OH is 1. The van der Waals surface area contributed by atoms with Crippen molar-refractivity contribution in [2.75, 3.05) is 13.2 Å². The highest BCUT2D eigenvalue weighted by atomic mass is 16.5. The molecule has 2 fully saturated rings. The molecule has 3 rings (SSSR count). The minimum Gasteiger partial charge on any atom is -0.491 e. The zero-order valence-electron chi connectivity index (χ0n) is 18.2. The summed E-state index contributed by atoms with van der Waals surface area (Å²) in [7, 11) is 0. The maximum atomic E-state index is 13.2. The van der Waals surface area contributed by atoms with Gasteiger partial charge < -0.3 is 15.2 Å². The number of β-amino-alcohol motifs (C(OH)–C–C–N with tert-alkyl or cyclic N) is 1. The molecule has 0 aromatic heterocycles. The Morgan fingerprint density at radius 2 is 1.93 bits per heavy atom. The van der Waals surface area contributed by atoms with Gasteiger partial charge in [0.2, 0.25) is 0 Å². The van der Waals surface area contributed by atoms with Crippen LogP contribution in [0.4, 0.5) is 4.79 Å². The van der Waals surface area contributed by atoms with Crippen molar-refractivity contribution in [1.82, 2.24) is 10.2 Å². The lowest BCUT2D eigenvalue weighted by Gasteiger charge is -2.43.